The Morgan fingerprint density at radius 2 is 2.00 bits per heavy atom. The molecular weight excluding hydrogens is 280 g/mol. The average Bonchev–Trinajstić information content (AvgIpc) is 2.93. The molecule has 2 aromatic rings. The van der Waals surface area contributed by atoms with Crippen molar-refractivity contribution < 1.29 is 9.59 Å². The van der Waals surface area contributed by atoms with Crippen molar-refractivity contribution in [1.82, 2.24) is 14.9 Å². The fraction of sp³-hybridized carbons (Fsp3) is 0.312. The van der Waals surface area contributed by atoms with Crippen molar-refractivity contribution in [2.24, 2.45) is 0 Å². The topological polar surface area (TPSA) is 76.0 Å². The van der Waals surface area contributed by atoms with Crippen LogP contribution in [-0.2, 0) is 22.6 Å². The maximum Gasteiger partial charge on any atom is 0.224 e. The Labute approximate surface area is 129 Å². The van der Waals surface area contributed by atoms with Gasteiger partial charge < -0.3 is 15.2 Å². The Morgan fingerprint density at radius 1 is 1.27 bits per heavy atom. The molecule has 0 bridgehead atoms. The molecular formula is C16H20N4O2. The predicted octanol–water partition coefficient (Wildman–Crippen LogP) is 1.59. The highest BCUT2D eigenvalue weighted by molar-refractivity contribution is 5.88. The molecule has 116 valence electrons. The monoisotopic (exact) mass is 300 g/mol. The summed E-state index contributed by atoms with van der Waals surface area (Å²) in [5, 5.41) is 5.65. The Balaban J connectivity index is 1.82. The summed E-state index contributed by atoms with van der Waals surface area (Å²) in [6, 6.07) is 7.29. The van der Waals surface area contributed by atoms with Crippen LogP contribution < -0.4 is 10.6 Å². The van der Waals surface area contributed by atoms with E-state index in [9.17, 15) is 9.59 Å². The van der Waals surface area contributed by atoms with Crippen LogP contribution in [0.4, 0.5) is 5.69 Å². The van der Waals surface area contributed by atoms with Crippen molar-refractivity contribution in [1.29, 1.82) is 0 Å². The second-order valence-corrected chi connectivity index (χ2v) is 5.28. The summed E-state index contributed by atoms with van der Waals surface area (Å²) in [5.74, 6) is -0.140. The fourth-order valence-electron chi connectivity index (χ4n) is 2.18. The number of amides is 2. The molecule has 0 unspecified atom stereocenters. The fourth-order valence-corrected chi connectivity index (χ4v) is 2.18. The molecule has 1 heterocycles. The van der Waals surface area contributed by atoms with E-state index in [0.29, 0.717) is 13.0 Å². The van der Waals surface area contributed by atoms with Gasteiger partial charge in [0.25, 0.3) is 0 Å². The largest absolute Gasteiger partial charge is 0.352 e. The lowest BCUT2D eigenvalue weighted by atomic mass is 10.1. The number of carbonyl (C=O) groups excluding carboxylic acids is 2. The number of aromatic nitrogens is 2. The van der Waals surface area contributed by atoms with E-state index in [-0.39, 0.29) is 17.9 Å². The van der Waals surface area contributed by atoms with Crippen molar-refractivity contribution >= 4 is 17.5 Å². The van der Waals surface area contributed by atoms with E-state index in [2.05, 4.69) is 15.6 Å². The Hall–Kier alpha value is -2.63. The zero-order chi connectivity index (χ0) is 15.9. The molecule has 2 rings (SSSR count). The highest BCUT2D eigenvalue weighted by Gasteiger charge is 2.09. The molecule has 1 aromatic carbocycles. The van der Waals surface area contributed by atoms with Gasteiger partial charge >= 0.3 is 0 Å². The van der Waals surface area contributed by atoms with Gasteiger partial charge in [-0.2, -0.15) is 0 Å². The van der Waals surface area contributed by atoms with Crippen molar-refractivity contribution in [3.05, 3.63) is 48.5 Å². The first-order valence-corrected chi connectivity index (χ1v) is 7.14. The van der Waals surface area contributed by atoms with Gasteiger partial charge in [-0.1, -0.05) is 12.1 Å². The van der Waals surface area contributed by atoms with Crippen LogP contribution in [0.25, 0.3) is 0 Å². The van der Waals surface area contributed by atoms with Crippen molar-refractivity contribution in [2.45, 2.75) is 32.9 Å². The molecule has 6 nitrogen and oxygen atoms in total. The van der Waals surface area contributed by atoms with E-state index in [1.807, 2.05) is 29.8 Å². The van der Waals surface area contributed by atoms with Gasteiger partial charge in [0.2, 0.25) is 11.8 Å². The van der Waals surface area contributed by atoms with Crippen LogP contribution in [0.5, 0.6) is 0 Å². The van der Waals surface area contributed by atoms with Gasteiger partial charge in [-0.15, -0.1) is 0 Å². The van der Waals surface area contributed by atoms with E-state index in [1.54, 1.807) is 24.7 Å². The SMILES string of the molecule is CC(=O)Nc1ccc(CC(=O)N[C@@H](C)Cn2ccnc2)cc1. The number of hydrogen-bond donors (Lipinski definition) is 2. The van der Waals surface area contributed by atoms with E-state index in [4.69, 9.17) is 0 Å². The highest BCUT2D eigenvalue weighted by atomic mass is 16.2. The Bertz CT molecular complexity index is 620. The van der Waals surface area contributed by atoms with Crippen LogP contribution in [-0.4, -0.2) is 27.4 Å². The predicted molar refractivity (Wildman–Crippen MR) is 84.3 cm³/mol. The molecule has 0 radical (unpaired) electrons. The molecule has 0 aliphatic rings. The van der Waals surface area contributed by atoms with Gasteiger partial charge in [0.05, 0.1) is 12.7 Å². The van der Waals surface area contributed by atoms with Crippen LogP contribution in [0, 0.1) is 0 Å². The van der Waals surface area contributed by atoms with Crippen LogP contribution in [0.3, 0.4) is 0 Å². The first kappa shape index (κ1) is 15.8. The van der Waals surface area contributed by atoms with Crippen molar-refractivity contribution in [2.75, 3.05) is 5.32 Å². The Kier molecular flexibility index (Phi) is 5.30. The summed E-state index contributed by atoms with van der Waals surface area (Å²) < 4.78 is 1.92. The van der Waals surface area contributed by atoms with E-state index >= 15 is 0 Å². The number of nitrogens with one attached hydrogen (secondary N) is 2. The molecule has 2 N–H and O–H groups in total. The average molecular weight is 300 g/mol. The number of hydrogen-bond acceptors (Lipinski definition) is 3. The number of anilines is 1. The first-order chi connectivity index (χ1) is 10.5. The van der Waals surface area contributed by atoms with E-state index in [1.165, 1.54) is 6.92 Å². The number of benzene rings is 1. The zero-order valence-electron chi connectivity index (χ0n) is 12.7. The highest BCUT2D eigenvalue weighted by Crippen LogP contribution is 2.10. The molecule has 22 heavy (non-hydrogen) atoms. The number of imidazole rings is 1. The summed E-state index contributed by atoms with van der Waals surface area (Å²) in [6.45, 7) is 4.11. The molecule has 0 saturated carbocycles. The molecule has 0 aliphatic heterocycles. The molecule has 6 heteroatoms. The lowest BCUT2D eigenvalue weighted by Crippen LogP contribution is -2.36. The maximum atomic E-state index is 12.0. The minimum atomic E-state index is -0.112. The third kappa shape index (κ3) is 5.05. The van der Waals surface area contributed by atoms with Gasteiger partial charge in [-0.3, -0.25) is 9.59 Å². The number of rotatable bonds is 6. The van der Waals surface area contributed by atoms with Crippen molar-refractivity contribution in [3.63, 3.8) is 0 Å². The lowest BCUT2D eigenvalue weighted by Gasteiger charge is -2.14. The molecule has 0 aliphatic carbocycles. The first-order valence-electron chi connectivity index (χ1n) is 7.14. The summed E-state index contributed by atoms with van der Waals surface area (Å²) >= 11 is 0. The molecule has 0 fully saturated rings. The van der Waals surface area contributed by atoms with Gasteiger partial charge in [0, 0.05) is 37.6 Å². The lowest BCUT2D eigenvalue weighted by molar-refractivity contribution is -0.121. The standard InChI is InChI=1S/C16H20N4O2/c1-12(10-20-8-7-17-11-20)18-16(22)9-14-3-5-15(6-4-14)19-13(2)21/h3-8,11-12H,9-10H2,1-2H3,(H,18,22)(H,19,21)/t12-/m0/s1. The van der Waals surface area contributed by atoms with E-state index in [0.717, 1.165) is 11.3 Å². The van der Waals surface area contributed by atoms with Gasteiger partial charge in [0.1, 0.15) is 0 Å². The zero-order valence-corrected chi connectivity index (χ0v) is 12.7. The second-order valence-electron chi connectivity index (χ2n) is 5.28. The normalized spacial score (nSPS) is 11.7. The maximum absolute atomic E-state index is 12.0. The second kappa shape index (κ2) is 7.40. The van der Waals surface area contributed by atoms with Crippen LogP contribution >= 0.6 is 0 Å². The quantitative estimate of drug-likeness (QED) is 0.850. The summed E-state index contributed by atoms with van der Waals surface area (Å²) in [4.78, 5) is 26.9. The third-order valence-electron chi connectivity index (χ3n) is 3.09. The van der Waals surface area contributed by atoms with Crippen LogP contribution in [0.1, 0.15) is 19.4 Å². The van der Waals surface area contributed by atoms with Crippen molar-refractivity contribution in [3.8, 4) is 0 Å². The van der Waals surface area contributed by atoms with Crippen LogP contribution in [0.2, 0.25) is 0 Å². The van der Waals surface area contributed by atoms with Gasteiger partial charge in [0.15, 0.2) is 0 Å². The number of carbonyl (C=O) groups is 2. The van der Waals surface area contributed by atoms with Gasteiger partial charge in [-0.25, -0.2) is 4.98 Å². The summed E-state index contributed by atoms with van der Waals surface area (Å²) in [7, 11) is 0. The van der Waals surface area contributed by atoms with Gasteiger partial charge in [-0.05, 0) is 24.6 Å². The summed E-state index contributed by atoms with van der Waals surface area (Å²) in [5.41, 5.74) is 1.63. The minimum absolute atomic E-state index is 0.0279. The minimum Gasteiger partial charge on any atom is -0.352 e. The third-order valence-corrected chi connectivity index (χ3v) is 3.09. The smallest absolute Gasteiger partial charge is 0.224 e. The summed E-state index contributed by atoms with van der Waals surface area (Å²) in [6.07, 6.45) is 5.62. The van der Waals surface area contributed by atoms with Crippen LogP contribution in [0.15, 0.2) is 43.0 Å². The molecule has 0 spiro atoms. The molecule has 2 amide bonds. The molecule has 0 saturated heterocycles. The molecule has 1 atom stereocenters. The Morgan fingerprint density at radius 3 is 2.59 bits per heavy atom. The molecule has 1 aromatic heterocycles. The number of nitrogens with zero attached hydrogens (tertiary/aromatic N) is 2. The van der Waals surface area contributed by atoms with E-state index < -0.39 is 0 Å².